The van der Waals surface area contributed by atoms with E-state index in [9.17, 15) is 4.79 Å². The van der Waals surface area contributed by atoms with E-state index in [4.69, 9.17) is 0 Å². The summed E-state index contributed by atoms with van der Waals surface area (Å²) in [6, 6.07) is 0.473. The predicted octanol–water partition coefficient (Wildman–Crippen LogP) is 3.75. The molecule has 2 heteroatoms. The van der Waals surface area contributed by atoms with Gasteiger partial charge in [-0.25, -0.2) is 0 Å². The highest BCUT2D eigenvalue weighted by molar-refractivity contribution is 5.78. The van der Waals surface area contributed by atoms with Crippen LogP contribution in [0.2, 0.25) is 0 Å². The fourth-order valence-corrected chi connectivity index (χ4v) is 2.51. The average Bonchev–Trinajstić information content (AvgIpc) is 2.69. The zero-order chi connectivity index (χ0) is 11.8. The van der Waals surface area contributed by atoms with Crippen molar-refractivity contribution in [2.24, 2.45) is 0 Å². The van der Waals surface area contributed by atoms with Gasteiger partial charge in [-0.05, 0) is 19.8 Å². The van der Waals surface area contributed by atoms with Crippen LogP contribution in [0.25, 0.3) is 0 Å². The van der Waals surface area contributed by atoms with Crippen LogP contribution in [-0.2, 0) is 4.79 Å². The van der Waals surface area contributed by atoms with Crippen molar-refractivity contribution in [3.05, 3.63) is 0 Å². The Hall–Kier alpha value is -0.530. The molecule has 0 radical (unpaired) electrons. The van der Waals surface area contributed by atoms with Crippen LogP contribution < -0.4 is 0 Å². The minimum Gasteiger partial charge on any atom is -0.340 e. The molecule has 1 amide bonds. The lowest BCUT2D eigenvalue weighted by Gasteiger charge is -2.24. The van der Waals surface area contributed by atoms with Crippen LogP contribution in [0, 0.1) is 0 Å². The highest BCUT2D eigenvalue weighted by atomic mass is 16.2. The molecule has 0 aromatic carbocycles. The van der Waals surface area contributed by atoms with E-state index in [0.717, 1.165) is 19.4 Å². The van der Waals surface area contributed by atoms with E-state index in [0.29, 0.717) is 11.9 Å². The molecule has 1 saturated heterocycles. The molecule has 2 nitrogen and oxygen atoms in total. The quantitative estimate of drug-likeness (QED) is 0.576. The Morgan fingerprint density at radius 1 is 1.19 bits per heavy atom. The molecule has 94 valence electrons. The Morgan fingerprint density at radius 3 is 2.50 bits per heavy atom. The van der Waals surface area contributed by atoms with Crippen LogP contribution in [0.3, 0.4) is 0 Å². The maximum absolute atomic E-state index is 11.5. The Balaban J connectivity index is 2.01. The van der Waals surface area contributed by atoms with Crippen LogP contribution in [0.1, 0.15) is 71.6 Å². The molecule has 1 unspecified atom stereocenters. The minimum atomic E-state index is 0.374. The van der Waals surface area contributed by atoms with Crippen LogP contribution in [-0.4, -0.2) is 23.4 Å². The van der Waals surface area contributed by atoms with Crippen molar-refractivity contribution in [1.29, 1.82) is 0 Å². The lowest BCUT2D eigenvalue weighted by atomic mass is 10.1. The molecule has 1 aliphatic rings. The van der Waals surface area contributed by atoms with Gasteiger partial charge in [0.1, 0.15) is 0 Å². The van der Waals surface area contributed by atoms with E-state index in [-0.39, 0.29) is 0 Å². The summed E-state index contributed by atoms with van der Waals surface area (Å²) in [6.07, 6.45) is 11.1. The number of hydrogen-bond donors (Lipinski definition) is 0. The number of likely N-dealkylation sites (tertiary alicyclic amines) is 1. The fourth-order valence-electron chi connectivity index (χ4n) is 2.51. The predicted molar refractivity (Wildman–Crippen MR) is 68.4 cm³/mol. The van der Waals surface area contributed by atoms with Gasteiger partial charge in [0.2, 0.25) is 5.91 Å². The first-order valence-corrected chi connectivity index (χ1v) is 7.05. The first-order valence-electron chi connectivity index (χ1n) is 7.05. The molecule has 1 heterocycles. The standard InChI is InChI=1S/C14H27NO/c1-3-4-5-6-7-8-10-13(2)15-12-9-11-14(15)16/h13H,3-12H2,1-2H3. The van der Waals surface area contributed by atoms with Gasteiger partial charge in [-0.15, -0.1) is 0 Å². The normalized spacial score (nSPS) is 18.1. The van der Waals surface area contributed by atoms with E-state index in [2.05, 4.69) is 18.7 Å². The van der Waals surface area contributed by atoms with E-state index >= 15 is 0 Å². The number of unbranched alkanes of at least 4 members (excludes halogenated alkanes) is 5. The number of hydrogen-bond acceptors (Lipinski definition) is 1. The molecule has 16 heavy (non-hydrogen) atoms. The summed E-state index contributed by atoms with van der Waals surface area (Å²) in [5.74, 6) is 0.374. The van der Waals surface area contributed by atoms with E-state index in [1.807, 2.05) is 0 Å². The first-order chi connectivity index (χ1) is 7.75. The second kappa shape index (κ2) is 7.70. The van der Waals surface area contributed by atoms with Gasteiger partial charge in [-0.2, -0.15) is 0 Å². The summed E-state index contributed by atoms with van der Waals surface area (Å²) in [5.41, 5.74) is 0. The summed E-state index contributed by atoms with van der Waals surface area (Å²) >= 11 is 0. The van der Waals surface area contributed by atoms with Gasteiger partial charge in [0, 0.05) is 19.0 Å². The molecule has 1 rings (SSSR count). The summed E-state index contributed by atoms with van der Waals surface area (Å²) in [7, 11) is 0. The molecule has 0 saturated carbocycles. The molecule has 0 aromatic heterocycles. The second-order valence-electron chi connectivity index (χ2n) is 5.10. The first kappa shape index (κ1) is 13.5. The SMILES string of the molecule is CCCCCCCCC(C)N1CCCC1=O. The molecule has 1 atom stereocenters. The smallest absolute Gasteiger partial charge is 0.222 e. The lowest BCUT2D eigenvalue weighted by Crippen LogP contribution is -2.33. The lowest BCUT2D eigenvalue weighted by molar-refractivity contribution is -0.129. The third kappa shape index (κ3) is 4.54. The number of rotatable bonds is 8. The van der Waals surface area contributed by atoms with Crippen molar-refractivity contribution in [3.8, 4) is 0 Å². The highest BCUT2D eigenvalue weighted by Gasteiger charge is 2.24. The van der Waals surface area contributed by atoms with Crippen molar-refractivity contribution in [1.82, 2.24) is 4.90 Å². The molecular weight excluding hydrogens is 198 g/mol. The summed E-state index contributed by atoms with van der Waals surface area (Å²) in [4.78, 5) is 13.6. The molecule has 0 spiro atoms. The zero-order valence-electron chi connectivity index (χ0n) is 11.0. The van der Waals surface area contributed by atoms with Gasteiger partial charge in [-0.1, -0.05) is 45.4 Å². The number of amides is 1. The van der Waals surface area contributed by atoms with Crippen molar-refractivity contribution in [3.63, 3.8) is 0 Å². The van der Waals surface area contributed by atoms with Gasteiger partial charge >= 0.3 is 0 Å². The Bertz CT molecular complexity index is 203. The highest BCUT2D eigenvalue weighted by Crippen LogP contribution is 2.18. The van der Waals surface area contributed by atoms with E-state index in [1.54, 1.807) is 0 Å². The van der Waals surface area contributed by atoms with Crippen molar-refractivity contribution in [2.75, 3.05) is 6.54 Å². The molecule has 1 fully saturated rings. The fraction of sp³-hybridized carbons (Fsp3) is 0.929. The Kier molecular flexibility index (Phi) is 6.51. The molecule has 0 aromatic rings. The monoisotopic (exact) mass is 225 g/mol. The third-order valence-electron chi connectivity index (χ3n) is 3.62. The summed E-state index contributed by atoms with van der Waals surface area (Å²) < 4.78 is 0. The van der Waals surface area contributed by atoms with Gasteiger partial charge in [0.25, 0.3) is 0 Å². The molecule has 0 aliphatic carbocycles. The van der Waals surface area contributed by atoms with Crippen molar-refractivity contribution in [2.45, 2.75) is 77.7 Å². The Labute approximate surface area is 100 Å². The van der Waals surface area contributed by atoms with Crippen LogP contribution in [0.15, 0.2) is 0 Å². The topological polar surface area (TPSA) is 20.3 Å². The van der Waals surface area contributed by atoms with Crippen LogP contribution in [0.4, 0.5) is 0 Å². The molecule has 0 bridgehead atoms. The van der Waals surface area contributed by atoms with Crippen LogP contribution >= 0.6 is 0 Å². The van der Waals surface area contributed by atoms with Crippen LogP contribution in [0.5, 0.6) is 0 Å². The number of nitrogens with zero attached hydrogens (tertiary/aromatic N) is 1. The summed E-state index contributed by atoms with van der Waals surface area (Å²) in [5, 5.41) is 0. The number of carbonyl (C=O) groups is 1. The maximum atomic E-state index is 11.5. The van der Waals surface area contributed by atoms with Gasteiger partial charge < -0.3 is 4.90 Å². The van der Waals surface area contributed by atoms with Crippen molar-refractivity contribution < 1.29 is 4.79 Å². The Morgan fingerprint density at radius 2 is 1.88 bits per heavy atom. The van der Waals surface area contributed by atoms with Crippen molar-refractivity contribution >= 4 is 5.91 Å². The zero-order valence-corrected chi connectivity index (χ0v) is 11.0. The largest absolute Gasteiger partial charge is 0.340 e. The number of carbonyl (C=O) groups excluding carboxylic acids is 1. The van der Waals surface area contributed by atoms with Gasteiger partial charge in [0.05, 0.1) is 0 Å². The molecule has 1 aliphatic heterocycles. The third-order valence-corrected chi connectivity index (χ3v) is 3.62. The van der Waals surface area contributed by atoms with Gasteiger partial charge in [-0.3, -0.25) is 4.79 Å². The average molecular weight is 225 g/mol. The maximum Gasteiger partial charge on any atom is 0.222 e. The van der Waals surface area contributed by atoms with Gasteiger partial charge in [0.15, 0.2) is 0 Å². The summed E-state index contributed by atoms with van der Waals surface area (Å²) in [6.45, 7) is 5.45. The minimum absolute atomic E-state index is 0.374. The van der Waals surface area contributed by atoms with E-state index in [1.165, 1.54) is 44.9 Å². The van der Waals surface area contributed by atoms with E-state index < -0.39 is 0 Å². The molecule has 0 N–H and O–H groups in total. The second-order valence-corrected chi connectivity index (χ2v) is 5.10. The molecular formula is C14H27NO.